The van der Waals surface area contributed by atoms with Crippen LogP contribution in [0.1, 0.15) is 58.8 Å². The summed E-state index contributed by atoms with van der Waals surface area (Å²) in [5, 5.41) is 9.66. The molecule has 0 radical (unpaired) electrons. The topological polar surface area (TPSA) is 54.4 Å². The maximum absolute atomic E-state index is 11.9. The molecule has 3 nitrogen and oxygen atoms in total. The van der Waals surface area contributed by atoms with Crippen molar-refractivity contribution < 1.29 is 14.7 Å². The molecule has 3 rings (SSSR count). The Morgan fingerprint density at radius 3 is 2.63 bits per heavy atom. The van der Waals surface area contributed by atoms with E-state index in [1.54, 1.807) is 0 Å². The Morgan fingerprint density at radius 1 is 1.21 bits per heavy atom. The maximum Gasteiger partial charge on any atom is 0.309 e. The van der Waals surface area contributed by atoms with Gasteiger partial charge in [-0.15, -0.1) is 0 Å². The number of hydrogen-bond donors (Lipinski definition) is 1. The van der Waals surface area contributed by atoms with Crippen molar-refractivity contribution in [1.29, 1.82) is 0 Å². The SMILES string of the molecule is C[C@@]1(C(=O)O)CCC[C@]2(C)C3=C(CC[C@@H]12)C(=O)CC3. The van der Waals surface area contributed by atoms with Gasteiger partial charge in [-0.2, -0.15) is 0 Å². The van der Waals surface area contributed by atoms with Crippen LogP contribution in [0.3, 0.4) is 0 Å². The number of hydrogen-bond acceptors (Lipinski definition) is 2. The molecule has 0 amide bonds. The molecular weight excluding hydrogens is 240 g/mol. The molecule has 0 heterocycles. The quantitative estimate of drug-likeness (QED) is 0.788. The fraction of sp³-hybridized carbons (Fsp3) is 0.750. The number of allylic oxidation sites excluding steroid dienone is 2. The van der Waals surface area contributed by atoms with Crippen LogP contribution < -0.4 is 0 Å². The van der Waals surface area contributed by atoms with Crippen molar-refractivity contribution in [2.45, 2.75) is 58.8 Å². The molecule has 1 saturated carbocycles. The summed E-state index contributed by atoms with van der Waals surface area (Å²) in [7, 11) is 0. The van der Waals surface area contributed by atoms with Gasteiger partial charge in [-0.25, -0.2) is 0 Å². The van der Waals surface area contributed by atoms with E-state index in [2.05, 4.69) is 6.92 Å². The van der Waals surface area contributed by atoms with E-state index >= 15 is 0 Å². The molecule has 3 aliphatic rings. The Kier molecular flexibility index (Phi) is 2.67. The molecule has 104 valence electrons. The molecule has 3 aliphatic carbocycles. The number of carboxylic acids is 1. The highest BCUT2D eigenvalue weighted by atomic mass is 16.4. The van der Waals surface area contributed by atoms with Crippen LogP contribution in [-0.4, -0.2) is 16.9 Å². The van der Waals surface area contributed by atoms with Gasteiger partial charge in [-0.05, 0) is 55.9 Å². The van der Waals surface area contributed by atoms with Gasteiger partial charge in [-0.3, -0.25) is 9.59 Å². The van der Waals surface area contributed by atoms with Crippen LogP contribution >= 0.6 is 0 Å². The standard InChI is InChI=1S/C16H22O3/c1-15-8-3-9-16(2,14(18)19)13(15)7-4-10-11(15)5-6-12(10)17/h13H,3-9H2,1-2H3,(H,18,19)/t13-,15-,16-/m1/s1. The molecule has 1 fully saturated rings. The predicted octanol–water partition coefficient (Wildman–Crippen LogP) is 3.34. The first-order valence-electron chi connectivity index (χ1n) is 7.39. The number of ketones is 1. The zero-order valence-corrected chi connectivity index (χ0v) is 11.8. The minimum Gasteiger partial charge on any atom is -0.481 e. The van der Waals surface area contributed by atoms with Crippen LogP contribution in [0, 0.1) is 16.7 Å². The number of rotatable bonds is 1. The minimum atomic E-state index is -0.656. The van der Waals surface area contributed by atoms with E-state index in [4.69, 9.17) is 0 Å². The fourth-order valence-electron chi connectivity index (χ4n) is 5.05. The lowest BCUT2D eigenvalue weighted by Crippen LogP contribution is -2.50. The summed E-state index contributed by atoms with van der Waals surface area (Å²) in [6, 6.07) is 0. The number of carbonyl (C=O) groups excluding carboxylic acids is 1. The normalized spacial score (nSPS) is 42.0. The molecule has 0 bridgehead atoms. The first kappa shape index (κ1) is 12.9. The van der Waals surface area contributed by atoms with Crippen LogP contribution in [0.25, 0.3) is 0 Å². The molecular formula is C16H22O3. The molecule has 0 aliphatic heterocycles. The molecule has 1 N–H and O–H groups in total. The fourth-order valence-corrected chi connectivity index (χ4v) is 5.05. The Labute approximate surface area is 114 Å². The molecule has 3 heteroatoms. The van der Waals surface area contributed by atoms with Gasteiger partial charge in [0.05, 0.1) is 5.41 Å². The summed E-state index contributed by atoms with van der Waals surface area (Å²) in [4.78, 5) is 23.7. The second-order valence-corrected chi connectivity index (χ2v) is 6.97. The molecule has 0 spiro atoms. The van der Waals surface area contributed by atoms with E-state index in [-0.39, 0.29) is 11.3 Å². The number of fused-ring (bicyclic) bond motifs is 2. The van der Waals surface area contributed by atoms with Crippen molar-refractivity contribution in [3.8, 4) is 0 Å². The summed E-state index contributed by atoms with van der Waals surface area (Å²) < 4.78 is 0. The zero-order valence-electron chi connectivity index (χ0n) is 11.8. The largest absolute Gasteiger partial charge is 0.481 e. The molecule has 3 atom stereocenters. The van der Waals surface area contributed by atoms with E-state index in [0.29, 0.717) is 12.2 Å². The highest BCUT2D eigenvalue weighted by Crippen LogP contribution is 2.61. The van der Waals surface area contributed by atoms with E-state index in [0.717, 1.165) is 44.1 Å². The van der Waals surface area contributed by atoms with Gasteiger partial charge < -0.3 is 5.11 Å². The lowest BCUT2D eigenvalue weighted by atomic mass is 9.50. The Hall–Kier alpha value is -1.12. The van der Waals surface area contributed by atoms with Crippen molar-refractivity contribution in [3.05, 3.63) is 11.1 Å². The second kappa shape index (κ2) is 3.94. The third-order valence-corrected chi connectivity index (χ3v) is 6.09. The second-order valence-electron chi connectivity index (χ2n) is 6.97. The average molecular weight is 262 g/mol. The number of Topliss-reactive ketones (excluding diaryl/α,β-unsaturated/α-hetero) is 1. The summed E-state index contributed by atoms with van der Waals surface area (Å²) in [5.41, 5.74) is 1.69. The van der Waals surface area contributed by atoms with Gasteiger partial charge >= 0.3 is 5.97 Å². The summed E-state index contributed by atoms with van der Waals surface area (Å²) in [5.74, 6) is -0.148. The summed E-state index contributed by atoms with van der Waals surface area (Å²) in [6.45, 7) is 4.13. The van der Waals surface area contributed by atoms with Gasteiger partial charge in [0, 0.05) is 6.42 Å². The lowest BCUT2D eigenvalue weighted by molar-refractivity contribution is -0.159. The first-order chi connectivity index (χ1) is 8.89. The Morgan fingerprint density at radius 2 is 1.95 bits per heavy atom. The minimum absolute atomic E-state index is 0.0505. The zero-order chi connectivity index (χ0) is 13.8. The molecule has 0 aromatic rings. The summed E-state index contributed by atoms with van der Waals surface area (Å²) in [6.07, 6.45) is 5.97. The lowest BCUT2D eigenvalue weighted by Gasteiger charge is -2.53. The van der Waals surface area contributed by atoms with Crippen LogP contribution in [0.2, 0.25) is 0 Å². The third kappa shape index (κ3) is 1.56. The highest BCUT2D eigenvalue weighted by molar-refractivity contribution is 5.99. The molecule has 0 saturated heterocycles. The number of carbonyl (C=O) groups is 2. The number of aliphatic carboxylic acids is 1. The monoisotopic (exact) mass is 262 g/mol. The van der Waals surface area contributed by atoms with Crippen molar-refractivity contribution >= 4 is 11.8 Å². The van der Waals surface area contributed by atoms with Crippen LogP contribution in [0.4, 0.5) is 0 Å². The van der Waals surface area contributed by atoms with Gasteiger partial charge in [0.1, 0.15) is 0 Å². The predicted molar refractivity (Wildman–Crippen MR) is 71.7 cm³/mol. The van der Waals surface area contributed by atoms with Gasteiger partial charge in [0.15, 0.2) is 5.78 Å². The Bertz CT molecular complexity index is 490. The van der Waals surface area contributed by atoms with Crippen molar-refractivity contribution in [3.63, 3.8) is 0 Å². The van der Waals surface area contributed by atoms with Crippen molar-refractivity contribution in [1.82, 2.24) is 0 Å². The summed E-state index contributed by atoms with van der Waals surface area (Å²) >= 11 is 0. The van der Waals surface area contributed by atoms with E-state index < -0.39 is 11.4 Å². The third-order valence-electron chi connectivity index (χ3n) is 6.09. The molecule has 0 aromatic carbocycles. The van der Waals surface area contributed by atoms with E-state index in [1.807, 2.05) is 6.92 Å². The molecule has 0 unspecified atom stereocenters. The van der Waals surface area contributed by atoms with Crippen LogP contribution in [0.5, 0.6) is 0 Å². The van der Waals surface area contributed by atoms with Crippen LogP contribution in [0.15, 0.2) is 11.1 Å². The smallest absolute Gasteiger partial charge is 0.309 e. The Balaban J connectivity index is 2.07. The van der Waals surface area contributed by atoms with E-state index in [1.165, 1.54) is 5.57 Å². The maximum atomic E-state index is 11.9. The van der Waals surface area contributed by atoms with Crippen molar-refractivity contribution in [2.75, 3.05) is 0 Å². The first-order valence-corrected chi connectivity index (χ1v) is 7.39. The van der Waals surface area contributed by atoms with Crippen LogP contribution in [-0.2, 0) is 9.59 Å². The average Bonchev–Trinajstić information content (AvgIpc) is 2.72. The highest BCUT2D eigenvalue weighted by Gasteiger charge is 2.56. The van der Waals surface area contributed by atoms with Gasteiger partial charge in [0.2, 0.25) is 0 Å². The number of carboxylic acid groups (broad SMARTS) is 1. The van der Waals surface area contributed by atoms with E-state index in [9.17, 15) is 14.7 Å². The van der Waals surface area contributed by atoms with Crippen molar-refractivity contribution in [2.24, 2.45) is 16.7 Å². The van der Waals surface area contributed by atoms with Gasteiger partial charge in [-0.1, -0.05) is 18.9 Å². The van der Waals surface area contributed by atoms with Gasteiger partial charge in [0.25, 0.3) is 0 Å². The molecule has 0 aromatic heterocycles. The molecule has 19 heavy (non-hydrogen) atoms.